The number of benzene rings is 2. The maximum atomic E-state index is 14.4. The van der Waals surface area contributed by atoms with E-state index in [1.807, 2.05) is 0 Å². The third kappa shape index (κ3) is 6.68. The largest absolute Gasteiger partial charge is 0.487 e. The van der Waals surface area contributed by atoms with Gasteiger partial charge in [0.05, 0.1) is 12.0 Å². The summed E-state index contributed by atoms with van der Waals surface area (Å²) in [6.45, 7) is 2.18. The van der Waals surface area contributed by atoms with E-state index in [1.54, 1.807) is 25.1 Å². The van der Waals surface area contributed by atoms with Crippen molar-refractivity contribution < 1.29 is 28.6 Å². The first-order valence-corrected chi connectivity index (χ1v) is 11.1. The van der Waals surface area contributed by atoms with Crippen molar-refractivity contribution in [1.82, 2.24) is 10.6 Å². The summed E-state index contributed by atoms with van der Waals surface area (Å²) in [6, 6.07) is 8.91. The Kier molecular flexibility index (Phi) is 8.27. The van der Waals surface area contributed by atoms with Gasteiger partial charge in [-0.1, -0.05) is 11.6 Å². The number of rotatable bonds is 8. The van der Waals surface area contributed by atoms with E-state index in [0.29, 0.717) is 36.3 Å². The number of ether oxygens (including phenoxy) is 1. The number of nitrogens with one attached hydrogen (secondary N) is 2. The molecule has 2 aromatic rings. The molecule has 0 spiro atoms. The van der Waals surface area contributed by atoms with Gasteiger partial charge in [-0.2, -0.15) is 0 Å². The number of carbonyl (C=O) groups excluding carboxylic acids is 2. The molecule has 1 aliphatic rings. The Hall–Kier alpha value is -3.13. The predicted octanol–water partition coefficient (Wildman–Crippen LogP) is 3.97. The first kappa shape index (κ1) is 24.5. The predicted molar refractivity (Wildman–Crippen MR) is 121 cm³/mol. The molecule has 1 aliphatic carbocycles. The molecule has 0 saturated heterocycles. The van der Waals surface area contributed by atoms with Crippen molar-refractivity contribution in [2.75, 3.05) is 13.1 Å². The van der Waals surface area contributed by atoms with Crippen LogP contribution in [0.1, 0.15) is 52.0 Å². The van der Waals surface area contributed by atoms with E-state index in [-0.39, 0.29) is 42.3 Å². The Morgan fingerprint density at radius 2 is 1.58 bits per heavy atom. The summed E-state index contributed by atoms with van der Waals surface area (Å²) >= 11 is 5.96. The molecule has 1 saturated carbocycles. The number of carboxylic acids is 1. The minimum atomic E-state index is -0.811. The van der Waals surface area contributed by atoms with Gasteiger partial charge in [-0.3, -0.25) is 14.4 Å². The molecule has 3 rings (SSSR count). The van der Waals surface area contributed by atoms with Gasteiger partial charge in [0, 0.05) is 29.2 Å². The smallest absolute Gasteiger partial charge is 0.306 e. The number of aliphatic carboxylic acids is 1. The average Bonchev–Trinajstić information content (AvgIpc) is 2.79. The first-order chi connectivity index (χ1) is 15.7. The fraction of sp³-hybridized carbons (Fsp3) is 0.375. The van der Waals surface area contributed by atoms with Crippen LogP contribution in [0.4, 0.5) is 4.39 Å². The highest BCUT2D eigenvalue weighted by atomic mass is 35.5. The van der Waals surface area contributed by atoms with Gasteiger partial charge in [-0.15, -0.1) is 0 Å². The van der Waals surface area contributed by atoms with Crippen LogP contribution in [-0.2, 0) is 4.79 Å². The second-order valence-corrected chi connectivity index (χ2v) is 8.46. The zero-order valence-corrected chi connectivity index (χ0v) is 19.0. The minimum Gasteiger partial charge on any atom is -0.487 e. The van der Waals surface area contributed by atoms with Gasteiger partial charge in [0.15, 0.2) is 11.6 Å². The summed E-state index contributed by atoms with van der Waals surface area (Å²) in [6.07, 6.45) is 1.83. The lowest BCUT2D eigenvalue weighted by molar-refractivity contribution is -0.143. The van der Waals surface area contributed by atoms with E-state index in [9.17, 15) is 18.8 Å². The molecule has 3 N–H and O–H groups in total. The van der Waals surface area contributed by atoms with Crippen molar-refractivity contribution in [2.24, 2.45) is 5.92 Å². The van der Waals surface area contributed by atoms with E-state index in [4.69, 9.17) is 21.4 Å². The monoisotopic (exact) mass is 476 g/mol. The Balaban J connectivity index is 1.44. The van der Waals surface area contributed by atoms with Crippen LogP contribution in [0.5, 0.6) is 5.75 Å². The van der Waals surface area contributed by atoms with Crippen LogP contribution in [-0.4, -0.2) is 42.1 Å². The summed E-state index contributed by atoms with van der Waals surface area (Å²) in [7, 11) is 0. The lowest BCUT2D eigenvalue weighted by Gasteiger charge is -2.27. The highest BCUT2D eigenvalue weighted by molar-refractivity contribution is 6.31. The van der Waals surface area contributed by atoms with Crippen LogP contribution in [0, 0.1) is 18.7 Å². The quantitative estimate of drug-likeness (QED) is 0.500. The first-order valence-electron chi connectivity index (χ1n) is 10.8. The summed E-state index contributed by atoms with van der Waals surface area (Å²) in [4.78, 5) is 35.5. The topological polar surface area (TPSA) is 105 Å². The number of hydrogen-bond donors (Lipinski definition) is 3. The molecule has 2 amide bonds. The zero-order chi connectivity index (χ0) is 24.0. The van der Waals surface area contributed by atoms with Crippen molar-refractivity contribution in [3.8, 4) is 5.75 Å². The van der Waals surface area contributed by atoms with Gasteiger partial charge in [0.2, 0.25) is 0 Å². The molecular formula is C24H26ClFN2O5. The van der Waals surface area contributed by atoms with Gasteiger partial charge in [0.1, 0.15) is 0 Å². The van der Waals surface area contributed by atoms with E-state index in [2.05, 4.69) is 10.6 Å². The van der Waals surface area contributed by atoms with E-state index in [1.165, 1.54) is 12.1 Å². The molecular weight excluding hydrogens is 451 g/mol. The lowest BCUT2D eigenvalue weighted by Crippen LogP contribution is -2.34. The molecule has 0 heterocycles. The SMILES string of the molecule is Cc1cc(C(=O)NCCNC(=O)c2ccc(O[C@H]3CC[C@@H](C(=O)O)CC3)c(F)c2)ccc1Cl. The molecule has 33 heavy (non-hydrogen) atoms. The van der Waals surface area contributed by atoms with Gasteiger partial charge >= 0.3 is 5.97 Å². The van der Waals surface area contributed by atoms with Gasteiger partial charge in [0.25, 0.3) is 11.8 Å². The fourth-order valence-corrected chi connectivity index (χ4v) is 3.80. The van der Waals surface area contributed by atoms with Crippen LogP contribution in [0.15, 0.2) is 36.4 Å². The molecule has 1 fully saturated rings. The van der Waals surface area contributed by atoms with Gasteiger partial charge < -0.3 is 20.5 Å². The molecule has 176 valence electrons. The molecule has 0 aliphatic heterocycles. The second kappa shape index (κ2) is 11.1. The number of amides is 2. The van der Waals surface area contributed by atoms with Crippen LogP contribution in [0.25, 0.3) is 0 Å². The maximum absolute atomic E-state index is 14.4. The normalized spacial score (nSPS) is 17.8. The average molecular weight is 477 g/mol. The third-order valence-electron chi connectivity index (χ3n) is 5.63. The molecule has 0 radical (unpaired) electrons. The lowest BCUT2D eigenvalue weighted by atomic mass is 9.87. The van der Waals surface area contributed by atoms with Crippen molar-refractivity contribution in [3.63, 3.8) is 0 Å². The minimum absolute atomic E-state index is 0.0378. The number of aryl methyl sites for hydroxylation is 1. The van der Waals surface area contributed by atoms with Crippen molar-refractivity contribution in [2.45, 2.75) is 38.7 Å². The van der Waals surface area contributed by atoms with Crippen molar-refractivity contribution in [1.29, 1.82) is 0 Å². The highest BCUT2D eigenvalue weighted by Crippen LogP contribution is 2.29. The van der Waals surface area contributed by atoms with Crippen molar-refractivity contribution in [3.05, 3.63) is 63.9 Å². The third-order valence-corrected chi connectivity index (χ3v) is 6.05. The highest BCUT2D eigenvalue weighted by Gasteiger charge is 2.27. The number of halogens is 2. The Labute approximate surface area is 196 Å². The molecule has 2 aromatic carbocycles. The van der Waals surface area contributed by atoms with Gasteiger partial charge in [-0.05, 0) is 74.6 Å². The molecule has 0 bridgehead atoms. The standard InChI is InChI=1S/C24H26ClFN2O5/c1-14-12-16(4-8-19(14)25)22(29)27-10-11-28-23(30)17-5-9-21(20(26)13-17)33-18-6-2-15(3-7-18)24(31)32/h4-5,8-9,12-13,15,18H,2-3,6-7,10-11H2,1H3,(H,27,29)(H,28,30)(H,31,32)/t15-,18+. The van der Waals surface area contributed by atoms with Crippen molar-refractivity contribution >= 4 is 29.4 Å². The Bertz CT molecular complexity index is 1040. The van der Waals surface area contributed by atoms with Crippen LogP contribution in [0.3, 0.4) is 0 Å². The van der Waals surface area contributed by atoms with Crippen LogP contribution < -0.4 is 15.4 Å². The molecule has 0 atom stereocenters. The molecule has 7 nitrogen and oxygen atoms in total. The maximum Gasteiger partial charge on any atom is 0.306 e. The summed E-state index contributed by atoms with van der Waals surface area (Å²) in [5, 5.41) is 15.0. The van der Waals surface area contributed by atoms with Crippen LogP contribution in [0.2, 0.25) is 5.02 Å². The Morgan fingerprint density at radius 3 is 2.12 bits per heavy atom. The number of hydrogen-bond acceptors (Lipinski definition) is 4. The summed E-state index contributed by atoms with van der Waals surface area (Å²) in [5.74, 6) is -2.56. The van der Waals surface area contributed by atoms with E-state index < -0.39 is 17.7 Å². The second-order valence-electron chi connectivity index (χ2n) is 8.05. The van der Waals surface area contributed by atoms with E-state index >= 15 is 0 Å². The van der Waals surface area contributed by atoms with Gasteiger partial charge in [-0.25, -0.2) is 4.39 Å². The number of carboxylic acid groups (broad SMARTS) is 1. The number of carbonyl (C=O) groups is 3. The van der Waals surface area contributed by atoms with Crippen LogP contribution >= 0.6 is 11.6 Å². The Morgan fingerprint density at radius 1 is 1.00 bits per heavy atom. The van der Waals surface area contributed by atoms with E-state index in [0.717, 1.165) is 11.6 Å². The fourth-order valence-electron chi connectivity index (χ4n) is 3.69. The molecule has 0 unspecified atom stereocenters. The zero-order valence-electron chi connectivity index (χ0n) is 18.2. The summed E-state index contributed by atoms with van der Waals surface area (Å²) in [5.41, 5.74) is 1.39. The summed E-state index contributed by atoms with van der Waals surface area (Å²) < 4.78 is 20.1. The molecule has 0 aromatic heterocycles. The molecule has 9 heteroatoms.